The highest BCUT2D eigenvalue weighted by atomic mass is 32.2. The van der Waals surface area contributed by atoms with E-state index >= 15 is 0 Å². The molecule has 0 saturated heterocycles. The molecular weight excluding hydrogens is 364 g/mol. The zero-order valence-corrected chi connectivity index (χ0v) is 16.9. The van der Waals surface area contributed by atoms with Crippen molar-refractivity contribution in [3.05, 3.63) is 88.5 Å². The second-order valence-electron chi connectivity index (χ2n) is 7.21. The Morgan fingerprint density at radius 3 is 2.50 bits per heavy atom. The molecule has 4 rings (SSSR count). The van der Waals surface area contributed by atoms with Crippen LogP contribution in [0.3, 0.4) is 0 Å². The van der Waals surface area contributed by atoms with Gasteiger partial charge in [-0.25, -0.2) is 4.99 Å². The first-order chi connectivity index (χ1) is 13.5. The number of anilines is 1. The Bertz CT molecular complexity index is 1090. The first-order valence-corrected chi connectivity index (χ1v) is 9.89. The Hall–Kier alpha value is -3.10. The number of thioether (sulfide) groups is 1. The van der Waals surface area contributed by atoms with Crippen LogP contribution in [0, 0.1) is 11.5 Å². The van der Waals surface area contributed by atoms with Gasteiger partial charge in [0.05, 0.1) is 5.71 Å². The lowest BCUT2D eigenvalue weighted by Gasteiger charge is -2.23. The van der Waals surface area contributed by atoms with Gasteiger partial charge in [-0.05, 0) is 35.5 Å². The Morgan fingerprint density at radius 2 is 1.79 bits per heavy atom. The van der Waals surface area contributed by atoms with Crippen molar-refractivity contribution in [1.29, 1.82) is 5.26 Å². The number of allylic oxidation sites excluding steroid dienone is 4. The second kappa shape index (κ2) is 7.14. The normalized spacial score (nSPS) is 21.9. The van der Waals surface area contributed by atoms with Crippen LogP contribution in [-0.4, -0.2) is 17.9 Å². The number of nitriles is 1. The maximum Gasteiger partial charge on any atom is 0.208 e. The first-order valence-electron chi connectivity index (χ1n) is 9.07. The Morgan fingerprint density at radius 1 is 1.07 bits per heavy atom. The van der Waals surface area contributed by atoms with Gasteiger partial charge in [0.1, 0.15) is 0 Å². The summed E-state index contributed by atoms with van der Waals surface area (Å²) in [6, 6.07) is 18.5. The van der Waals surface area contributed by atoms with Gasteiger partial charge in [0.25, 0.3) is 0 Å². The maximum atomic E-state index is 8.92. The lowest BCUT2D eigenvalue weighted by Crippen LogP contribution is -2.22. The summed E-state index contributed by atoms with van der Waals surface area (Å²) in [5.41, 5.74) is 5.57. The number of benzene rings is 2. The van der Waals surface area contributed by atoms with Gasteiger partial charge in [0.15, 0.2) is 0 Å². The minimum Gasteiger partial charge on any atom is -0.347 e. The fraction of sp³-hybridized carbons (Fsp3) is 0.174. The Labute approximate surface area is 169 Å². The average molecular weight is 385 g/mol. The highest BCUT2D eigenvalue weighted by Crippen LogP contribution is 2.46. The summed E-state index contributed by atoms with van der Waals surface area (Å²) < 4.78 is 0. The van der Waals surface area contributed by atoms with E-state index in [0.717, 1.165) is 16.2 Å². The fourth-order valence-electron chi connectivity index (χ4n) is 3.78. The van der Waals surface area contributed by atoms with Crippen molar-refractivity contribution in [2.45, 2.75) is 19.3 Å². The van der Waals surface area contributed by atoms with Gasteiger partial charge in [-0.3, -0.25) is 0 Å². The molecule has 138 valence electrons. The van der Waals surface area contributed by atoms with E-state index < -0.39 is 0 Å². The molecule has 2 aliphatic heterocycles. The van der Waals surface area contributed by atoms with Gasteiger partial charge < -0.3 is 4.90 Å². The van der Waals surface area contributed by atoms with Crippen LogP contribution in [-0.2, 0) is 5.41 Å². The molecule has 0 amide bonds. The number of nitrogens with zero attached hydrogens (tertiary/aromatic N) is 4. The van der Waals surface area contributed by atoms with Gasteiger partial charge >= 0.3 is 0 Å². The number of likely N-dealkylation sites (N-methyl/N-ethyl adjacent to an activating group) is 1. The van der Waals surface area contributed by atoms with Crippen molar-refractivity contribution in [3.8, 4) is 6.19 Å². The SMILES string of the molecule is CN1C(=CC=C2SC(=NC#N)N=C2c2ccccc2)C(C)(C)c2ccccc21. The molecular formula is C23H20N4S. The molecule has 28 heavy (non-hydrogen) atoms. The predicted molar refractivity (Wildman–Crippen MR) is 118 cm³/mol. The van der Waals surface area contributed by atoms with Crippen molar-refractivity contribution >= 4 is 28.3 Å². The van der Waals surface area contributed by atoms with Crippen LogP contribution in [0.2, 0.25) is 0 Å². The van der Waals surface area contributed by atoms with Gasteiger partial charge in [0.2, 0.25) is 11.4 Å². The molecule has 5 heteroatoms. The third-order valence-electron chi connectivity index (χ3n) is 5.17. The molecule has 0 N–H and O–H groups in total. The molecule has 0 atom stereocenters. The summed E-state index contributed by atoms with van der Waals surface area (Å²) in [5, 5.41) is 9.40. The van der Waals surface area contributed by atoms with E-state index in [0.29, 0.717) is 5.17 Å². The van der Waals surface area contributed by atoms with Gasteiger partial charge in [0, 0.05) is 34.3 Å². The molecule has 0 spiro atoms. The highest BCUT2D eigenvalue weighted by molar-refractivity contribution is 8.18. The lowest BCUT2D eigenvalue weighted by molar-refractivity contribution is 0.640. The summed E-state index contributed by atoms with van der Waals surface area (Å²) in [6.45, 7) is 4.49. The van der Waals surface area contributed by atoms with E-state index in [4.69, 9.17) is 5.26 Å². The molecule has 0 saturated carbocycles. The zero-order chi connectivity index (χ0) is 19.7. The van der Waals surface area contributed by atoms with E-state index in [1.807, 2.05) is 36.5 Å². The summed E-state index contributed by atoms with van der Waals surface area (Å²) in [4.78, 5) is 11.6. The smallest absolute Gasteiger partial charge is 0.208 e. The topological polar surface area (TPSA) is 51.8 Å². The summed E-state index contributed by atoms with van der Waals surface area (Å²) in [6.07, 6.45) is 6.10. The number of fused-ring (bicyclic) bond motifs is 1. The van der Waals surface area contributed by atoms with Crippen LogP contribution >= 0.6 is 11.8 Å². The third-order valence-corrected chi connectivity index (χ3v) is 6.08. The van der Waals surface area contributed by atoms with Crippen molar-refractivity contribution in [1.82, 2.24) is 0 Å². The fourth-order valence-corrected chi connectivity index (χ4v) is 4.60. The van der Waals surface area contributed by atoms with Crippen molar-refractivity contribution < 1.29 is 0 Å². The van der Waals surface area contributed by atoms with Crippen LogP contribution in [0.4, 0.5) is 5.69 Å². The summed E-state index contributed by atoms with van der Waals surface area (Å²) in [5.74, 6) is 0. The number of para-hydroxylation sites is 1. The minimum atomic E-state index is -0.0840. The maximum absolute atomic E-state index is 8.92. The second-order valence-corrected chi connectivity index (χ2v) is 8.22. The van der Waals surface area contributed by atoms with Crippen molar-refractivity contribution in [2.24, 2.45) is 9.98 Å². The van der Waals surface area contributed by atoms with E-state index in [9.17, 15) is 0 Å². The van der Waals surface area contributed by atoms with Crippen LogP contribution in [0.15, 0.2) is 87.3 Å². The van der Waals surface area contributed by atoms with Gasteiger partial charge in [-0.15, -0.1) is 4.99 Å². The third kappa shape index (κ3) is 3.06. The van der Waals surface area contributed by atoms with E-state index in [1.54, 1.807) is 0 Å². The first kappa shape index (κ1) is 18.3. The lowest BCUT2D eigenvalue weighted by atomic mass is 9.84. The molecule has 4 nitrogen and oxygen atoms in total. The van der Waals surface area contributed by atoms with Gasteiger partial charge in [-0.2, -0.15) is 5.26 Å². The standard InChI is InChI=1S/C23H20N4S/c1-23(2)17-11-7-8-12-18(17)27(3)20(23)14-13-19-21(16-9-5-4-6-10-16)26-22(28-19)25-15-24/h4-14H,1-3H3. The predicted octanol–water partition coefficient (Wildman–Crippen LogP) is 5.25. The molecule has 2 aromatic carbocycles. The molecule has 0 radical (unpaired) electrons. The molecule has 2 aliphatic rings. The summed E-state index contributed by atoms with van der Waals surface area (Å²) in [7, 11) is 2.11. The van der Waals surface area contributed by atoms with Crippen LogP contribution in [0.1, 0.15) is 25.0 Å². The van der Waals surface area contributed by atoms with E-state index in [-0.39, 0.29) is 5.41 Å². The molecule has 0 aliphatic carbocycles. The molecule has 2 heterocycles. The van der Waals surface area contributed by atoms with Crippen LogP contribution in [0.5, 0.6) is 0 Å². The van der Waals surface area contributed by atoms with Crippen molar-refractivity contribution in [3.63, 3.8) is 0 Å². The zero-order valence-electron chi connectivity index (χ0n) is 16.0. The number of hydrogen-bond donors (Lipinski definition) is 0. The Kier molecular flexibility index (Phi) is 4.66. The minimum absolute atomic E-state index is 0.0840. The van der Waals surface area contributed by atoms with Crippen LogP contribution in [0.25, 0.3) is 0 Å². The van der Waals surface area contributed by atoms with E-state index in [2.05, 4.69) is 72.2 Å². The molecule has 0 fully saturated rings. The van der Waals surface area contributed by atoms with E-state index in [1.165, 1.54) is 28.7 Å². The number of hydrogen-bond acceptors (Lipinski definition) is 4. The van der Waals surface area contributed by atoms with Gasteiger partial charge in [-0.1, -0.05) is 62.4 Å². The average Bonchev–Trinajstić information content (AvgIpc) is 3.19. The van der Waals surface area contributed by atoms with Crippen molar-refractivity contribution in [2.75, 3.05) is 11.9 Å². The molecule has 0 unspecified atom stereocenters. The number of rotatable bonds is 2. The number of amidine groups is 1. The summed E-state index contributed by atoms with van der Waals surface area (Å²) >= 11 is 1.43. The molecule has 0 aromatic heterocycles. The highest BCUT2D eigenvalue weighted by Gasteiger charge is 2.37. The molecule has 0 bridgehead atoms. The Balaban J connectivity index is 1.76. The largest absolute Gasteiger partial charge is 0.347 e. The van der Waals surface area contributed by atoms with Crippen LogP contribution < -0.4 is 4.90 Å². The quantitative estimate of drug-likeness (QED) is 0.664. The molecule has 2 aromatic rings. The monoisotopic (exact) mass is 384 g/mol. The number of aliphatic imine (C=N–C) groups is 2.